The lowest BCUT2D eigenvalue weighted by Gasteiger charge is -2.06. The average molecular weight is 331 g/mol. The summed E-state index contributed by atoms with van der Waals surface area (Å²) in [5.74, 6) is -0.670. The van der Waals surface area contributed by atoms with Gasteiger partial charge in [0.2, 0.25) is 0 Å². The molecule has 0 saturated heterocycles. The SMILES string of the molecule is N#Cc1ccc(COC(=O)C=Cc2cccc(C(F)(F)F)c2)cc1. The van der Waals surface area contributed by atoms with E-state index in [1.807, 2.05) is 6.07 Å². The fraction of sp³-hybridized carbons (Fsp3) is 0.111. The third-order valence-corrected chi connectivity index (χ3v) is 3.09. The monoisotopic (exact) mass is 331 g/mol. The summed E-state index contributed by atoms with van der Waals surface area (Å²) in [6.45, 7) is 0.0114. The molecule has 0 aliphatic rings. The maximum atomic E-state index is 12.6. The van der Waals surface area contributed by atoms with Gasteiger partial charge in [-0.3, -0.25) is 0 Å². The molecule has 0 N–H and O–H groups in total. The van der Waals surface area contributed by atoms with Crippen molar-refractivity contribution < 1.29 is 22.7 Å². The third kappa shape index (κ3) is 4.99. The first-order chi connectivity index (χ1) is 11.4. The number of alkyl halides is 3. The van der Waals surface area contributed by atoms with Gasteiger partial charge in [0.05, 0.1) is 17.2 Å². The number of nitriles is 1. The van der Waals surface area contributed by atoms with Gasteiger partial charge in [0.1, 0.15) is 6.61 Å². The van der Waals surface area contributed by atoms with Gasteiger partial charge in [0, 0.05) is 6.08 Å². The van der Waals surface area contributed by atoms with Crippen molar-refractivity contribution in [3.8, 4) is 6.07 Å². The van der Waals surface area contributed by atoms with Gasteiger partial charge in [-0.25, -0.2) is 4.79 Å². The molecule has 0 unspecified atom stereocenters. The van der Waals surface area contributed by atoms with Crippen LogP contribution in [0.15, 0.2) is 54.6 Å². The lowest BCUT2D eigenvalue weighted by Crippen LogP contribution is -2.04. The van der Waals surface area contributed by atoms with Crippen LogP contribution >= 0.6 is 0 Å². The summed E-state index contributed by atoms with van der Waals surface area (Å²) in [5, 5.41) is 8.68. The Morgan fingerprint density at radius 1 is 1.17 bits per heavy atom. The maximum absolute atomic E-state index is 12.6. The summed E-state index contributed by atoms with van der Waals surface area (Å²) in [6, 6.07) is 13.1. The predicted octanol–water partition coefficient (Wildman–Crippen LogP) is 4.33. The van der Waals surface area contributed by atoms with E-state index >= 15 is 0 Å². The first-order valence-electron chi connectivity index (χ1n) is 6.89. The number of carbonyl (C=O) groups is 1. The van der Waals surface area contributed by atoms with E-state index < -0.39 is 17.7 Å². The molecule has 0 fully saturated rings. The van der Waals surface area contributed by atoms with Crippen molar-refractivity contribution in [3.63, 3.8) is 0 Å². The van der Waals surface area contributed by atoms with Crippen LogP contribution in [-0.4, -0.2) is 5.97 Å². The molecule has 2 aromatic carbocycles. The van der Waals surface area contributed by atoms with Crippen LogP contribution in [0.4, 0.5) is 13.2 Å². The molecule has 2 aromatic rings. The van der Waals surface area contributed by atoms with Crippen molar-refractivity contribution in [2.45, 2.75) is 12.8 Å². The second-order valence-electron chi connectivity index (χ2n) is 4.87. The number of nitrogens with zero attached hydrogens (tertiary/aromatic N) is 1. The molecule has 0 bridgehead atoms. The highest BCUT2D eigenvalue weighted by Crippen LogP contribution is 2.29. The van der Waals surface area contributed by atoms with Crippen LogP contribution in [0, 0.1) is 11.3 Å². The molecule has 0 aromatic heterocycles. The molecule has 0 radical (unpaired) electrons. The van der Waals surface area contributed by atoms with E-state index in [-0.39, 0.29) is 12.2 Å². The Balaban J connectivity index is 1.94. The summed E-state index contributed by atoms with van der Waals surface area (Å²) in [7, 11) is 0. The molecular weight excluding hydrogens is 319 g/mol. The molecule has 0 saturated carbocycles. The van der Waals surface area contributed by atoms with Crippen molar-refractivity contribution in [3.05, 3.63) is 76.9 Å². The smallest absolute Gasteiger partial charge is 0.416 e. The Morgan fingerprint density at radius 3 is 2.50 bits per heavy atom. The second kappa shape index (κ2) is 7.47. The lowest BCUT2D eigenvalue weighted by atomic mass is 10.1. The highest BCUT2D eigenvalue weighted by molar-refractivity contribution is 5.87. The third-order valence-electron chi connectivity index (χ3n) is 3.09. The minimum Gasteiger partial charge on any atom is -0.458 e. The molecule has 0 aliphatic carbocycles. The van der Waals surface area contributed by atoms with Gasteiger partial charge in [0.15, 0.2) is 0 Å². The minimum absolute atomic E-state index is 0.0114. The molecular formula is C18H12F3NO2. The zero-order valence-corrected chi connectivity index (χ0v) is 12.4. The van der Waals surface area contributed by atoms with E-state index in [1.165, 1.54) is 18.2 Å². The Kier molecular flexibility index (Phi) is 5.38. The van der Waals surface area contributed by atoms with Crippen LogP contribution in [0.3, 0.4) is 0 Å². The molecule has 0 spiro atoms. The van der Waals surface area contributed by atoms with Gasteiger partial charge >= 0.3 is 12.1 Å². The summed E-state index contributed by atoms with van der Waals surface area (Å²) >= 11 is 0. The van der Waals surface area contributed by atoms with Gasteiger partial charge in [-0.05, 0) is 41.5 Å². The second-order valence-corrected chi connectivity index (χ2v) is 4.87. The standard InChI is InChI=1S/C18H12F3NO2/c19-18(20,21)16-3-1-2-13(10-16)8-9-17(23)24-12-15-6-4-14(11-22)5-7-15/h1-10H,12H2. The van der Waals surface area contributed by atoms with Crippen molar-refractivity contribution in [1.82, 2.24) is 0 Å². The van der Waals surface area contributed by atoms with Gasteiger partial charge in [-0.1, -0.05) is 24.3 Å². The summed E-state index contributed by atoms with van der Waals surface area (Å²) in [5.41, 5.74) is 0.667. The zero-order valence-electron chi connectivity index (χ0n) is 12.4. The minimum atomic E-state index is -4.43. The molecule has 0 aliphatic heterocycles. The van der Waals surface area contributed by atoms with E-state index in [4.69, 9.17) is 10.00 Å². The van der Waals surface area contributed by atoms with Gasteiger partial charge in [-0.2, -0.15) is 18.4 Å². The number of hydrogen-bond donors (Lipinski definition) is 0. The Labute approximate surface area is 136 Å². The number of halogens is 3. The molecule has 2 rings (SSSR count). The number of rotatable bonds is 4. The van der Waals surface area contributed by atoms with Crippen molar-refractivity contribution in [1.29, 1.82) is 5.26 Å². The van der Waals surface area contributed by atoms with Gasteiger partial charge < -0.3 is 4.74 Å². The summed E-state index contributed by atoms with van der Waals surface area (Å²) in [4.78, 5) is 11.6. The predicted molar refractivity (Wildman–Crippen MR) is 81.4 cm³/mol. The van der Waals surface area contributed by atoms with Crippen LogP contribution in [0.2, 0.25) is 0 Å². The van der Waals surface area contributed by atoms with E-state index in [9.17, 15) is 18.0 Å². The lowest BCUT2D eigenvalue weighted by molar-refractivity contribution is -0.139. The highest BCUT2D eigenvalue weighted by Gasteiger charge is 2.30. The fourth-order valence-corrected chi connectivity index (χ4v) is 1.86. The number of carbonyl (C=O) groups excluding carboxylic acids is 1. The first kappa shape index (κ1) is 17.3. The van der Waals surface area contributed by atoms with E-state index in [0.29, 0.717) is 11.1 Å². The van der Waals surface area contributed by atoms with Crippen molar-refractivity contribution >= 4 is 12.0 Å². The number of benzene rings is 2. The topological polar surface area (TPSA) is 50.1 Å². The Bertz CT molecular complexity index is 787. The molecule has 0 atom stereocenters. The first-order valence-corrected chi connectivity index (χ1v) is 6.89. The maximum Gasteiger partial charge on any atom is 0.416 e. The molecule has 6 heteroatoms. The van der Waals surface area contributed by atoms with Crippen molar-refractivity contribution in [2.75, 3.05) is 0 Å². The van der Waals surface area contributed by atoms with Crippen LogP contribution in [0.1, 0.15) is 22.3 Å². The quantitative estimate of drug-likeness (QED) is 0.619. The molecule has 24 heavy (non-hydrogen) atoms. The largest absolute Gasteiger partial charge is 0.458 e. The number of ether oxygens (including phenoxy) is 1. The van der Waals surface area contributed by atoms with Crippen molar-refractivity contribution in [2.24, 2.45) is 0 Å². The average Bonchev–Trinajstić information content (AvgIpc) is 2.58. The number of hydrogen-bond acceptors (Lipinski definition) is 3. The fourth-order valence-electron chi connectivity index (χ4n) is 1.86. The van der Waals surface area contributed by atoms with Crippen LogP contribution in [-0.2, 0) is 22.3 Å². The van der Waals surface area contributed by atoms with Gasteiger partial charge in [-0.15, -0.1) is 0 Å². The zero-order chi connectivity index (χ0) is 17.6. The molecule has 0 heterocycles. The molecule has 0 amide bonds. The van der Waals surface area contributed by atoms with Crippen LogP contribution in [0.25, 0.3) is 6.08 Å². The van der Waals surface area contributed by atoms with E-state index in [0.717, 1.165) is 18.2 Å². The Hall–Kier alpha value is -3.07. The summed E-state index contributed by atoms with van der Waals surface area (Å²) in [6.07, 6.45) is -2.10. The normalized spacial score (nSPS) is 11.2. The van der Waals surface area contributed by atoms with E-state index in [1.54, 1.807) is 24.3 Å². The summed E-state index contributed by atoms with van der Waals surface area (Å²) < 4.78 is 42.8. The Morgan fingerprint density at radius 2 is 1.88 bits per heavy atom. The molecule has 3 nitrogen and oxygen atoms in total. The highest BCUT2D eigenvalue weighted by atomic mass is 19.4. The van der Waals surface area contributed by atoms with E-state index in [2.05, 4.69) is 0 Å². The molecule has 122 valence electrons. The van der Waals surface area contributed by atoms with Crippen LogP contribution in [0.5, 0.6) is 0 Å². The van der Waals surface area contributed by atoms with Gasteiger partial charge in [0.25, 0.3) is 0 Å². The van der Waals surface area contributed by atoms with Crippen LogP contribution < -0.4 is 0 Å². The number of esters is 1.